The minimum absolute atomic E-state index is 0. The lowest BCUT2D eigenvalue weighted by molar-refractivity contribution is -0.302. The number of carbonyl (C=O) groups is 6. The van der Waals surface area contributed by atoms with Gasteiger partial charge in [-0.15, -0.1) is 0 Å². The van der Waals surface area contributed by atoms with E-state index in [9.17, 15) is 54.3 Å². The van der Waals surface area contributed by atoms with Crippen LogP contribution in [-0.4, -0.2) is 174 Å². The van der Waals surface area contributed by atoms with E-state index in [0.29, 0.717) is 37.2 Å². The van der Waals surface area contributed by atoms with E-state index < -0.39 is 101 Å². The maximum atomic E-state index is 15.0. The van der Waals surface area contributed by atoms with Crippen molar-refractivity contribution in [1.29, 1.82) is 0 Å². The molecule has 0 aromatic carbocycles. The number of aldehydes is 2. The number of hydrogen-bond acceptors (Lipinski definition) is 19. The average molecular weight is 1350 g/mol. The standard InChI is InChI=1S/C37H58O10.C36H54O9.3CH4.B/c1-18-15-21(30(33(5,6)43)45-19(2)38)46-28-25(18)34(7)13-14-37-17-36(37)12-11-24(47-31-27(41)26(40)20(39)16-44-31)32(3,4)22(36)9-10-23(37)35(34,8)29(28)42;1-20-17-22(30(32(5,6)41)43-21(2)39)44-28-27(20)33(7)13-14-36-19-35(36)12-11-25(45-26(18-38)42-16-15-37)31(3,4)23(35)9-10-24(36)34(33,8)29(28)40;;;;/h18,20-28,30-31,39-41,43H,9-17H2,1-8H3;15,18,20,22-28,30,41H,9-14,16-17,19H2,1-8H3;3*1H4;/t18-,20?,21-,22+,23+,24+,25+,26+,27-,28+,30+,31+,34-,35-,36-,37+;20-,22-,23+,24+,25+,26+,27+,28+,30+,33-,34-,35-,36+;;;;/m11..../s1. The van der Waals surface area contributed by atoms with Crippen LogP contribution >= 0.6 is 0 Å². The summed E-state index contributed by atoms with van der Waals surface area (Å²) in [6, 6.07) is 0. The van der Waals surface area contributed by atoms with Crippen LogP contribution in [0, 0.1) is 101 Å². The van der Waals surface area contributed by atoms with Crippen LogP contribution in [0.5, 0.6) is 0 Å². The van der Waals surface area contributed by atoms with E-state index in [1.165, 1.54) is 13.8 Å². The monoisotopic (exact) mass is 1350 g/mol. The number of esters is 2. The molecule has 19 nitrogen and oxygen atoms in total. The van der Waals surface area contributed by atoms with Gasteiger partial charge in [0.1, 0.15) is 43.4 Å². The van der Waals surface area contributed by atoms with Gasteiger partial charge in [-0.3, -0.25) is 24.0 Å². The highest BCUT2D eigenvalue weighted by Crippen LogP contribution is 2.91. The van der Waals surface area contributed by atoms with Crippen molar-refractivity contribution in [3.8, 4) is 0 Å². The van der Waals surface area contributed by atoms with Gasteiger partial charge in [0.25, 0.3) is 0 Å². The van der Waals surface area contributed by atoms with Crippen molar-refractivity contribution >= 4 is 44.5 Å². The SMILES string of the molecule is C.C.C.CC(=O)O[C@@H]([C@H]1C[C@@H](C)[C@H]2[C@H](O1)C(=O)[C@@]1(C)[C@@H]3CC[C@H]4C(C)(C)[C@@H](O[C@@H](C=O)OCC=O)CC[C@@]45C[C@@]35CC[C@]21C)C(C)(C)O.CC(=O)O[C@@H]([C@H]1C[C@@H](C)[C@H]2[C@H](O1)C(=O)[C@@]1(C)[C@@H]3CC[C@H]4C(C)(C)[C@@H](O[C@@H]5OCC(O)[C@H](O)[C@H]5O)CC[C@@]45C[C@@]35CC[C@]21C)C(C)(C)O.[B]. The number of ether oxygens (including phenoxy) is 8. The molecule has 96 heavy (non-hydrogen) atoms. The van der Waals surface area contributed by atoms with Crippen molar-refractivity contribution in [2.24, 2.45) is 101 Å². The fourth-order valence-electron chi connectivity index (χ4n) is 26.1. The Morgan fingerprint density at radius 1 is 0.594 bits per heavy atom. The van der Waals surface area contributed by atoms with Crippen molar-refractivity contribution in [1.82, 2.24) is 0 Å². The van der Waals surface area contributed by atoms with E-state index in [0.717, 1.165) is 89.9 Å². The van der Waals surface area contributed by atoms with Gasteiger partial charge in [0, 0.05) is 44.9 Å². The molecule has 0 amide bonds. The molecule has 13 fully saturated rings. The summed E-state index contributed by atoms with van der Waals surface area (Å²) in [6.45, 7) is 31.6. The van der Waals surface area contributed by atoms with Gasteiger partial charge in [0.05, 0.1) is 42.2 Å². The first-order valence-corrected chi connectivity index (χ1v) is 35.4. The molecule has 29 atom stereocenters. The molecular formula is C76H124BO19. The predicted molar refractivity (Wildman–Crippen MR) is 359 cm³/mol. The Labute approximate surface area is 575 Å². The molecule has 10 aliphatic carbocycles. The van der Waals surface area contributed by atoms with Crippen molar-refractivity contribution in [2.45, 2.75) is 327 Å². The van der Waals surface area contributed by atoms with Crippen LogP contribution in [0.15, 0.2) is 0 Å². The average Bonchev–Trinajstić information content (AvgIpc) is 1.46. The molecule has 3 saturated heterocycles. The fraction of sp³-hybridized carbons (Fsp3) is 0.921. The third-order valence-corrected chi connectivity index (χ3v) is 30.1. The summed E-state index contributed by atoms with van der Waals surface area (Å²) >= 11 is 0. The summed E-state index contributed by atoms with van der Waals surface area (Å²) in [5.41, 5.74) is -4.05. The van der Waals surface area contributed by atoms with E-state index in [1.807, 2.05) is 0 Å². The third kappa shape index (κ3) is 11.0. The number of fused-ring (bicyclic) bond motifs is 8. The van der Waals surface area contributed by atoms with Gasteiger partial charge in [-0.25, -0.2) is 0 Å². The molecule has 545 valence electrons. The quantitative estimate of drug-likeness (QED) is 0.0356. The predicted octanol–water partition coefficient (Wildman–Crippen LogP) is 9.90. The Kier molecular flexibility index (Phi) is 21.3. The zero-order valence-electron chi connectivity index (χ0n) is 58.5. The summed E-state index contributed by atoms with van der Waals surface area (Å²) < 4.78 is 48.3. The number of aliphatic hydroxyl groups excluding tert-OH is 3. The Bertz CT molecular complexity index is 2920. The van der Waals surface area contributed by atoms with E-state index in [4.69, 9.17) is 37.9 Å². The number of hydrogen-bond donors (Lipinski definition) is 5. The molecule has 3 heterocycles. The van der Waals surface area contributed by atoms with Crippen LogP contribution in [-0.2, 0) is 66.7 Å². The smallest absolute Gasteiger partial charge is 0.303 e. The minimum atomic E-state index is -1.31. The normalized spacial score (nSPS) is 48.7. The Morgan fingerprint density at radius 3 is 1.39 bits per heavy atom. The number of Topliss-reactive ketones (excluding diaryl/α,β-unsaturated/α-hetero) is 2. The highest BCUT2D eigenvalue weighted by atomic mass is 16.7. The largest absolute Gasteiger partial charge is 0.457 e. The van der Waals surface area contributed by atoms with Crippen molar-refractivity contribution in [3.05, 3.63) is 0 Å². The van der Waals surface area contributed by atoms with Crippen LogP contribution in [0.3, 0.4) is 0 Å². The topological polar surface area (TPSA) is 277 Å². The summed E-state index contributed by atoms with van der Waals surface area (Å²) in [4.78, 5) is 76.4. The zero-order valence-corrected chi connectivity index (χ0v) is 58.5. The lowest BCUT2D eigenvalue weighted by atomic mass is 9.41. The van der Waals surface area contributed by atoms with E-state index >= 15 is 0 Å². The van der Waals surface area contributed by atoms with Crippen LogP contribution in [0.1, 0.15) is 236 Å². The van der Waals surface area contributed by atoms with Crippen molar-refractivity contribution in [3.63, 3.8) is 0 Å². The molecule has 5 N–H and O–H groups in total. The molecule has 4 spiro atoms. The number of rotatable bonds is 14. The summed E-state index contributed by atoms with van der Waals surface area (Å²) in [7, 11) is 0. The first-order chi connectivity index (χ1) is 42.7. The molecule has 0 aromatic rings. The summed E-state index contributed by atoms with van der Waals surface area (Å²) in [5.74, 6) is 1.24. The molecule has 13 rings (SSSR count). The first-order valence-electron chi connectivity index (χ1n) is 35.4. The number of aliphatic hydroxyl groups is 5. The molecule has 13 aliphatic rings. The first kappa shape index (κ1) is 79.0. The van der Waals surface area contributed by atoms with Crippen LogP contribution in [0.4, 0.5) is 0 Å². The van der Waals surface area contributed by atoms with E-state index in [-0.39, 0.29) is 147 Å². The van der Waals surface area contributed by atoms with Gasteiger partial charge in [-0.1, -0.05) is 91.5 Å². The van der Waals surface area contributed by atoms with Gasteiger partial charge < -0.3 is 68.2 Å². The molecule has 10 saturated carbocycles. The summed E-state index contributed by atoms with van der Waals surface area (Å²) in [5, 5.41) is 52.7. The second-order valence-corrected chi connectivity index (χ2v) is 35.6. The van der Waals surface area contributed by atoms with E-state index in [2.05, 4.69) is 69.2 Å². The van der Waals surface area contributed by atoms with Gasteiger partial charge in [-0.2, -0.15) is 0 Å². The van der Waals surface area contributed by atoms with Crippen LogP contribution in [0.25, 0.3) is 0 Å². The zero-order chi connectivity index (χ0) is 67.2. The molecule has 20 heteroatoms. The van der Waals surface area contributed by atoms with Crippen molar-refractivity contribution < 1.29 is 92.2 Å². The molecule has 3 aliphatic heterocycles. The lowest BCUT2D eigenvalue weighted by Crippen LogP contribution is -2.60. The maximum absolute atomic E-state index is 15.0. The number of ketones is 2. The molecule has 3 radical (unpaired) electrons. The highest BCUT2D eigenvalue weighted by Gasteiger charge is 2.87. The second kappa shape index (κ2) is 25.9. The van der Waals surface area contributed by atoms with Crippen LogP contribution in [0.2, 0.25) is 0 Å². The lowest BCUT2D eigenvalue weighted by Gasteiger charge is -2.62. The van der Waals surface area contributed by atoms with E-state index in [1.54, 1.807) is 27.7 Å². The Hall–Kier alpha value is -2.76. The van der Waals surface area contributed by atoms with Crippen LogP contribution < -0.4 is 0 Å². The molecule has 1 unspecified atom stereocenters. The highest BCUT2D eigenvalue weighted by molar-refractivity contribution is 5.94. The van der Waals surface area contributed by atoms with Gasteiger partial charge >= 0.3 is 11.9 Å². The number of carbonyl (C=O) groups excluding carboxylic acids is 6. The Balaban J connectivity index is 0.000000236. The molecule has 0 aromatic heterocycles. The second-order valence-electron chi connectivity index (χ2n) is 35.6. The van der Waals surface area contributed by atoms with Crippen molar-refractivity contribution in [2.75, 3.05) is 13.2 Å². The summed E-state index contributed by atoms with van der Waals surface area (Å²) in [6.07, 6.45) is 6.38. The third-order valence-electron chi connectivity index (χ3n) is 30.1. The minimum Gasteiger partial charge on any atom is -0.457 e. The fourth-order valence-corrected chi connectivity index (χ4v) is 26.1. The van der Waals surface area contributed by atoms with Gasteiger partial charge in [0.2, 0.25) is 6.29 Å². The Morgan fingerprint density at radius 2 is 0.990 bits per heavy atom. The molecule has 0 bridgehead atoms. The van der Waals surface area contributed by atoms with Gasteiger partial charge in [0.15, 0.2) is 36.4 Å². The maximum Gasteiger partial charge on any atom is 0.303 e. The molecular weight excluding hydrogens is 1230 g/mol. The van der Waals surface area contributed by atoms with Gasteiger partial charge in [-0.05, 0) is 209 Å².